The molecule has 2 amide bonds. The minimum absolute atomic E-state index is 0.103. The van der Waals surface area contributed by atoms with Crippen LogP contribution in [0.15, 0.2) is 54.4 Å². The zero-order valence-corrected chi connectivity index (χ0v) is 19.2. The molecular formula is C25H28N4O2S. The van der Waals surface area contributed by atoms with Gasteiger partial charge in [0.05, 0.1) is 5.69 Å². The van der Waals surface area contributed by atoms with Crippen LogP contribution in [0.25, 0.3) is 22.0 Å². The maximum Gasteiger partial charge on any atom is 0.280 e. The van der Waals surface area contributed by atoms with Gasteiger partial charge in [-0.3, -0.25) is 9.59 Å². The average molecular weight is 449 g/mol. The molecule has 0 saturated heterocycles. The van der Waals surface area contributed by atoms with Gasteiger partial charge in [-0.2, -0.15) is 0 Å². The van der Waals surface area contributed by atoms with Gasteiger partial charge in [-0.15, -0.1) is 11.3 Å². The Labute approximate surface area is 192 Å². The quantitative estimate of drug-likeness (QED) is 0.537. The van der Waals surface area contributed by atoms with Crippen LogP contribution in [0.1, 0.15) is 35.5 Å². The van der Waals surface area contributed by atoms with Crippen LogP contribution in [0.3, 0.4) is 0 Å². The number of hydrogen-bond donors (Lipinski definition) is 2. The predicted molar refractivity (Wildman–Crippen MR) is 131 cm³/mol. The first-order valence-corrected chi connectivity index (χ1v) is 11.7. The number of carbonyl (C=O) groups is 2. The molecule has 3 aromatic rings. The van der Waals surface area contributed by atoms with Gasteiger partial charge in [-0.25, -0.2) is 4.98 Å². The Balaban J connectivity index is 1.49. The summed E-state index contributed by atoms with van der Waals surface area (Å²) < 4.78 is 0. The maximum atomic E-state index is 12.8. The molecule has 2 aromatic carbocycles. The number of nitrogens with zero attached hydrogens (tertiary/aromatic N) is 2. The van der Waals surface area contributed by atoms with Gasteiger partial charge in [0.1, 0.15) is 0 Å². The van der Waals surface area contributed by atoms with Crippen molar-refractivity contribution in [1.82, 2.24) is 15.2 Å². The van der Waals surface area contributed by atoms with Crippen LogP contribution in [-0.2, 0) is 4.79 Å². The molecule has 0 aliphatic heterocycles. The summed E-state index contributed by atoms with van der Waals surface area (Å²) in [6, 6.07) is 12.5. The van der Waals surface area contributed by atoms with Crippen molar-refractivity contribution in [1.29, 1.82) is 0 Å². The molecule has 0 bridgehead atoms. The molecule has 0 unspecified atom stereocenters. The minimum atomic E-state index is -0.255. The van der Waals surface area contributed by atoms with Gasteiger partial charge in [-0.05, 0) is 63.4 Å². The van der Waals surface area contributed by atoms with Crippen LogP contribution in [0.4, 0.5) is 5.69 Å². The molecule has 6 nitrogen and oxygen atoms in total. The third-order valence-electron chi connectivity index (χ3n) is 6.08. The van der Waals surface area contributed by atoms with Gasteiger partial charge < -0.3 is 15.5 Å². The molecule has 7 heteroatoms. The van der Waals surface area contributed by atoms with Crippen molar-refractivity contribution in [3.63, 3.8) is 0 Å². The Morgan fingerprint density at radius 2 is 1.94 bits per heavy atom. The highest BCUT2D eigenvalue weighted by Gasteiger charge is 2.24. The summed E-state index contributed by atoms with van der Waals surface area (Å²) in [4.78, 5) is 31.4. The molecule has 0 spiro atoms. The molecule has 0 radical (unpaired) electrons. The zero-order valence-electron chi connectivity index (χ0n) is 18.4. The van der Waals surface area contributed by atoms with E-state index in [0.29, 0.717) is 11.0 Å². The lowest BCUT2D eigenvalue weighted by Gasteiger charge is -2.32. The van der Waals surface area contributed by atoms with Crippen molar-refractivity contribution in [2.24, 2.45) is 0 Å². The molecule has 2 N–H and O–H groups in total. The summed E-state index contributed by atoms with van der Waals surface area (Å²) in [5.41, 5.74) is 2.37. The molecule has 0 atom stereocenters. The van der Waals surface area contributed by atoms with Crippen LogP contribution in [0.2, 0.25) is 0 Å². The molecular weight excluding hydrogens is 420 g/mol. The second-order valence-electron chi connectivity index (χ2n) is 8.42. The van der Waals surface area contributed by atoms with Crippen LogP contribution in [-0.4, -0.2) is 47.9 Å². The summed E-state index contributed by atoms with van der Waals surface area (Å²) in [5, 5.41) is 10.3. The second-order valence-corrected chi connectivity index (χ2v) is 9.27. The number of anilines is 1. The van der Waals surface area contributed by atoms with Crippen molar-refractivity contribution in [2.45, 2.75) is 37.8 Å². The number of amides is 2. The molecule has 32 heavy (non-hydrogen) atoms. The Bertz CT molecular complexity index is 1150. The standard InChI is InChI=1S/C25H28N4O2S/c1-4-23(30)27-21-7-5-6-16-8-9-17(14-20(16)21)22-15-32-25(28-22)24(31)26-18-10-12-19(13-11-18)29(2)3/h4-9,14-15,18-19H,1,10-13H2,2-3H3,(H,26,31)(H,27,30)/t18-,19-. The number of nitrogens with one attached hydrogen (secondary N) is 2. The summed E-state index contributed by atoms with van der Waals surface area (Å²) in [6.07, 6.45) is 5.44. The van der Waals surface area contributed by atoms with Gasteiger partial charge in [0, 0.05) is 34.1 Å². The molecule has 1 aliphatic rings. The Morgan fingerprint density at radius 1 is 1.16 bits per heavy atom. The summed E-state index contributed by atoms with van der Waals surface area (Å²) in [6.45, 7) is 3.51. The van der Waals surface area contributed by atoms with E-state index in [2.05, 4.69) is 41.2 Å². The first-order chi connectivity index (χ1) is 15.4. The number of rotatable bonds is 6. The number of carbonyl (C=O) groups excluding carboxylic acids is 2. The highest BCUT2D eigenvalue weighted by Crippen LogP contribution is 2.30. The van der Waals surface area contributed by atoms with E-state index >= 15 is 0 Å². The van der Waals surface area contributed by atoms with Gasteiger partial charge >= 0.3 is 0 Å². The second kappa shape index (κ2) is 9.63. The maximum absolute atomic E-state index is 12.8. The largest absolute Gasteiger partial charge is 0.347 e. The number of fused-ring (bicyclic) bond motifs is 1. The number of hydrogen-bond acceptors (Lipinski definition) is 5. The van der Waals surface area contributed by atoms with Crippen LogP contribution in [0, 0.1) is 0 Å². The Hall–Kier alpha value is -3.03. The van der Waals surface area contributed by atoms with Gasteiger partial charge in [0.15, 0.2) is 5.01 Å². The van der Waals surface area contributed by atoms with Crippen molar-refractivity contribution in [3.05, 3.63) is 59.4 Å². The van der Waals surface area contributed by atoms with Crippen LogP contribution >= 0.6 is 11.3 Å². The fourth-order valence-corrected chi connectivity index (χ4v) is 4.95. The average Bonchev–Trinajstić information content (AvgIpc) is 3.30. The van der Waals surface area contributed by atoms with Crippen LogP contribution in [0.5, 0.6) is 0 Å². The number of aromatic nitrogens is 1. The topological polar surface area (TPSA) is 74.3 Å². The van der Waals surface area contributed by atoms with Crippen molar-refractivity contribution in [2.75, 3.05) is 19.4 Å². The molecule has 1 heterocycles. The number of benzene rings is 2. The summed E-state index contributed by atoms with van der Waals surface area (Å²) in [5.74, 6) is -0.357. The lowest BCUT2D eigenvalue weighted by atomic mass is 9.90. The van der Waals surface area contributed by atoms with E-state index in [1.807, 2.05) is 41.8 Å². The normalized spacial score (nSPS) is 18.5. The molecule has 1 saturated carbocycles. The smallest absolute Gasteiger partial charge is 0.280 e. The van der Waals surface area contributed by atoms with Crippen molar-refractivity contribution in [3.8, 4) is 11.3 Å². The molecule has 4 rings (SSSR count). The summed E-state index contributed by atoms with van der Waals surface area (Å²) >= 11 is 1.36. The van der Waals surface area contributed by atoms with E-state index in [1.54, 1.807) is 0 Å². The van der Waals surface area contributed by atoms with E-state index in [4.69, 9.17) is 0 Å². The van der Waals surface area contributed by atoms with E-state index in [1.165, 1.54) is 17.4 Å². The Kier molecular flexibility index (Phi) is 6.67. The van der Waals surface area contributed by atoms with Crippen molar-refractivity contribution < 1.29 is 9.59 Å². The molecule has 1 fully saturated rings. The third kappa shape index (κ3) is 4.89. The predicted octanol–water partition coefficient (Wildman–Crippen LogP) is 4.69. The van der Waals surface area contributed by atoms with E-state index < -0.39 is 0 Å². The lowest BCUT2D eigenvalue weighted by molar-refractivity contribution is -0.111. The van der Waals surface area contributed by atoms with Gasteiger partial charge in [0.25, 0.3) is 5.91 Å². The minimum Gasteiger partial charge on any atom is -0.347 e. The zero-order chi connectivity index (χ0) is 22.7. The molecule has 1 aromatic heterocycles. The van der Waals surface area contributed by atoms with E-state index in [0.717, 1.165) is 53.4 Å². The fourth-order valence-electron chi connectivity index (χ4n) is 4.22. The Morgan fingerprint density at radius 3 is 2.66 bits per heavy atom. The monoisotopic (exact) mass is 448 g/mol. The molecule has 1 aliphatic carbocycles. The third-order valence-corrected chi connectivity index (χ3v) is 6.92. The fraction of sp³-hybridized carbons (Fsp3) is 0.320. The van der Waals surface area contributed by atoms with Crippen molar-refractivity contribution >= 4 is 39.6 Å². The first kappa shape index (κ1) is 22.2. The first-order valence-electron chi connectivity index (χ1n) is 10.8. The lowest BCUT2D eigenvalue weighted by Crippen LogP contribution is -2.41. The highest BCUT2D eigenvalue weighted by molar-refractivity contribution is 7.12. The van der Waals surface area contributed by atoms with E-state index in [-0.39, 0.29) is 17.9 Å². The van der Waals surface area contributed by atoms with E-state index in [9.17, 15) is 9.59 Å². The van der Waals surface area contributed by atoms with Crippen LogP contribution < -0.4 is 10.6 Å². The highest BCUT2D eigenvalue weighted by atomic mass is 32.1. The van der Waals surface area contributed by atoms with Gasteiger partial charge in [0.2, 0.25) is 5.91 Å². The molecule has 166 valence electrons. The summed E-state index contributed by atoms with van der Waals surface area (Å²) in [7, 11) is 4.23. The van der Waals surface area contributed by atoms with Gasteiger partial charge in [-0.1, -0.05) is 30.8 Å². The SMILES string of the molecule is C=CC(=O)Nc1cccc2ccc(-c3csc(C(=O)N[C@H]4CC[C@H](N(C)C)CC4)n3)cc12. The number of thiazole rings is 1.